The standard InChI is InChI=1S/C18H29NO4/c1-5-9-22-12-15-10-14(17(21)6-2)7-8-18(15)23-13-16(20)11-19(3)4/h7-8,10,16,20H,5-6,9,11-13H2,1-4H3. The zero-order chi connectivity index (χ0) is 17.2. The highest BCUT2D eigenvalue weighted by atomic mass is 16.5. The van der Waals surface area contributed by atoms with Crippen LogP contribution in [-0.4, -0.2) is 55.7 Å². The molecule has 0 radical (unpaired) electrons. The van der Waals surface area contributed by atoms with Crippen molar-refractivity contribution >= 4 is 5.78 Å². The molecule has 0 spiro atoms. The van der Waals surface area contributed by atoms with Gasteiger partial charge < -0.3 is 19.5 Å². The van der Waals surface area contributed by atoms with Gasteiger partial charge >= 0.3 is 0 Å². The zero-order valence-corrected chi connectivity index (χ0v) is 14.7. The molecule has 0 bridgehead atoms. The van der Waals surface area contributed by atoms with E-state index >= 15 is 0 Å². The topological polar surface area (TPSA) is 59.0 Å². The zero-order valence-electron chi connectivity index (χ0n) is 14.7. The van der Waals surface area contributed by atoms with Gasteiger partial charge in [0.25, 0.3) is 0 Å². The van der Waals surface area contributed by atoms with Crippen LogP contribution in [0.2, 0.25) is 0 Å². The van der Waals surface area contributed by atoms with Crippen LogP contribution in [0.15, 0.2) is 18.2 Å². The van der Waals surface area contributed by atoms with Crippen LogP contribution in [0, 0.1) is 0 Å². The third-order valence-corrected chi connectivity index (χ3v) is 3.32. The second-order valence-corrected chi connectivity index (χ2v) is 5.88. The minimum absolute atomic E-state index is 0.0981. The average molecular weight is 323 g/mol. The Morgan fingerprint density at radius 1 is 1.30 bits per heavy atom. The van der Waals surface area contributed by atoms with Gasteiger partial charge in [-0.2, -0.15) is 0 Å². The molecule has 0 aliphatic heterocycles. The van der Waals surface area contributed by atoms with Gasteiger partial charge in [-0.25, -0.2) is 0 Å². The molecule has 0 heterocycles. The fraction of sp³-hybridized carbons (Fsp3) is 0.611. The molecule has 1 rings (SSSR count). The van der Waals surface area contributed by atoms with E-state index in [1.165, 1.54) is 0 Å². The molecule has 23 heavy (non-hydrogen) atoms. The maximum absolute atomic E-state index is 11.9. The molecule has 1 unspecified atom stereocenters. The Balaban J connectivity index is 2.80. The number of aliphatic hydroxyl groups excluding tert-OH is 1. The monoisotopic (exact) mass is 323 g/mol. The highest BCUT2D eigenvalue weighted by Crippen LogP contribution is 2.22. The van der Waals surface area contributed by atoms with Gasteiger partial charge in [0.2, 0.25) is 0 Å². The molecule has 1 aromatic carbocycles. The van der Waals surface area contributed by atoms with Crippen molar-refractivity contribution in [1.82, 2.24) is 4.90 Å². The number of rotatable bonds is 11. The Labute approximate surface area is 139 Å². The van der Waals surface area contributed by atoms with Crippen LogP contribution < -0.4 is 4.74 Å². The number of carbonyl (C=O) groups is 1. The summed E-state index contributed by atoms with van der Waals surface area (Å²) in [5.74, 6) is 0.757. The quantitative estimate of drug-likeness (QED) is 0.501. The fourth-order valence-corrected chi connectivity index (χ4v) is 2.20. The van der Waals surface area contributed by atoms with Crippen LogP contribution in [-0.2, 0) is 11.3 Å². The first kappa shape index (κ1) is 19.6. The van der Waals surface area contributed by atoms with E-state index in [0.29, 0.717) is 37.5 Å². The van der Waals surface area contributed by atoms with Gasteiger partial charge in [-0.1, -0.05) is 13.8 Å². The normalized spacial score (nSPS) is 12.4. The van der Waals surface area contributed by atoms with Crippen molar-refractivity contribution in [2.75, 3.05) is 33.9 Å². The van der Waals surface area contributed by atoms with Gasteiger partial charge in [-0.3, -0.25) is 4.79 Å². The summed E-state index contributed by atoms with van der Waals surface area (Å²) in [6.45, 7) is 5.70. The van der Waals surface area contributed by atoms with Gasteiger partial charge in [-0.05, 0) is 38.7 Å². The Hall–Kier alpha value is -1.43. The predicted octanol–water partition coefficient (Wildman–Crippen LogP) is 2.51. The summed E-state index contributed by atoms with van der Waals surface area (Å²) in [6.07, 6.45) is 0.842. The van der Waals surface area contributed by atoms with E-state index in [9.17, 15) is 9.90 Å². The highest BCUT2D eigenvalue weighted by Gasteiger charge is 2.12. The maximum atomic E-state index is 11.9. The van der Waals surface area contributed by atoms with Crippen LogP contribution in [0.25, 0.3) is 0 Å². The van der Waals surface area contributed by atoms with Crippen molar-refractivity contribution < 1.29 is 19.4 Å². The number of ether oxygens (including phenoxy) is 2. The Kier molecular flexibility index (Phi) is 8.84. The molecule has 0 aliphatic carbocycles. The third kappa shape index (κ3) is 7.12. The SMILES string of the molecule is CCCOCc1cc(C(=O)CC)ccc1OCC(O)CN(C)C. The number of hydrogen-bond acceptors (Lipinski definition) is 5. The summed E-state index contributed by atoms with van der Waals surface area (Å²) in [7, 11) is 3.80. The molecule has 5 nitrogen and oxygen atoms in total. The second kappa shape index (κ2) is 10.4. The molecule has 0 saturated heterocycles. The molecule has 0 amide bonds. The van der Waals surface area contributed by atoms with Crippen LogP contribution in [0.1, 0.15) is 42.6 Å². The van der Waals surface area contributed by atoms with Crippen LogP contribution in [0.5, 0.6) is 5.75 Å². The second-order valence-electron chi connectivity index (χ2n) is 5.88. The summed E-state index contributed by atoms with van der Waals surface area (Å²) in [4.78, 5) is 13.8. The van der Waals surface area contributed by atoms with E-state index in [-0.39, 0.29) is 12.4 Å². The van der Waals surface area contributed by atoms with Crippen LogP contribution in [0.4, 0.5) is 0 Å². The van der Waals surface area contributed by atoms with E-state index in [4.69, 9.17) is 9.47 Å². The summed E-state index contributed by atoms with van der Waals surface area (Å²) < 4.78 is 11.3. The minimum Gasteiger partial charge on any atom is -0.490 e. The first-order valence-electron chi connectivity index (χ1n) is 8.17. The van der Waals surface area contributed by atoms with Crippen molar-refractivity contribution in [2.45, 2.75) is 39.4 Å². The molecule has 0 fully saturated rings. The van der Waals surface area contributed by atoms with Crippen molar-refractivity contribution in [2.24, 2.45) is 0 Å². The molecule has 1 N–H and O–H groups in total. The number of nitrogens with zero attached hydrogens (tertiary/aromatic N) is 1. The van der Waals surface area contributed by atoms with Gasteiger partial charge in [-0.15, -0.1) is 0 Å². The first-order valence-corrected chi connectivity index (χ1v) is 8.17. The molecule has 0 aliphatic rings. The molecule has 130 valence electrons. The molecule has 0 saturated carbocycles. The van der Waals surface area contributed by atoms with Crippen LogP contribution in [0.3, 0.4) is 0 Å². The number of carbonyl (C=O) groups excluding carboxylic acids is 1. The number of benzene rings is 1. The van der Waals surface area contributed by atoms with Gasteiger partial charge in [0.1, 0.15) is 18.5 Å². The average Bonchev–Trinajstić information content (AvgIpc) is 2.52. The van der Waals surface area contributed by atoms with Gasteiger partial charge in [0.15, 0.2) is 5.78 Å². The molecule has 0 aromatic heterocycles. The van der Waals surface area contributed by atoms with Crippen molar-refractivity contribution in [3.63, 3.8) is 0 Å². The lowest BCUT2D eigenvalue weighted by Crippen LogP contribution is -2.30. The van der Waals surface area contributed by atoms with Gasteiger partial charge in [0, 0.05) is 30.7 Å². The molecular formula is C18H29NO4. The van der Waals surface area contributed by atoms with Crippen molar-refractivity contribution in [3.8, 4) is 5.75 Å². The van der Waals surface area contributed by atoms with E-state index in [0.717, 1.165) is 12.0 Å². The van der Waals surface area contributed by atoms with Gasteiger partial charge in [0.05, 0.1) is 6.61 Å². The largest absolute Gasteiger partial charge is 0.490 e. The Morgan fingerprint density at radius 2 is 2.04 bits per heavy atom. The van der Waals surface area contributed by atoms with Crippen molar-refractivity contribution in [3.05, 3.63) is 29.3 Å². The van der Waals surface area contributed by atoms with E-state index in [2.05, 4.69) is 0 Å². The number of aliphatic hydroxyl groups is 1. The summed E-state index contributed by atoms with van der Waals surface area (Å²) >= 11 is 0. The third-order valence-electron chi connectivity index (χ3n) is 3.32. The first-order chi connectivity index (χ1) is 11.0. The lowest BCUT2D eigenvalue weighted by Gasteiger charge is -2.18. The fourth-order valence-electron chi connectivity index (χ4n) is 2.20. The van der Waals surface area contributed by atoms with E-state index in [1.807, 2.05) is 38.9 Å². The number of ketones is 1. The lowest BCUT2D eigenvalue weighted by atomic mass is 10.1. The molecule has 5 heteroatoms. The summed E-state index contributed by atoms with van der Waals surface area (Å²) in [5, 5.41) is 9.91. The maximum Gasteiger partial charge on any atom is 0.162 e. The molecular weight excluding hydrogens is 294 g/mol. The Morgan fingerprint density at radius 3 is 2.65 bits per heavy atom. The highest BCUT2D eigenvalue weighted by molar-refractivity contribution is 5.96. The predicted molar refractivity (Wildman–Crippen MR) is 91.1 cm³/mol. The van der Waals surface area contributed by atoms with E-state index in [1.54, 1.807) is 12.1 Å². The van der Waals surface area contributed by atoms with E-state index < -0.39 is 6.10 Å². The number of hydrogen-bond donors (Lipinski definition) is 1. The smallest absolute Gasteiger partial charge is 0.162 e. The molecule has 1 atom stereocenters. The van der Waals surface area contributed by atoms with Crippen LogP contribution >= 0.6 is 0 Å². The van der Waals surface area contributed by atoms with Crippen molar-refractivity contribution in [1.29, 1.82) is 0 Å². The number of likely N-dealkylation sites (N-methyl/N-ethyl adjacent to an activating group) is 1. The lowest BCUT2D eigenvalue weighted by molar-refractivity contribution is 0.0794. The summed E-state index contributed by atoms with van der Waals surface area (Å²) in [5.41, 5.74) is 1.51. The molecule has 1 aromatic rings. The number of Topliss-reactive ketones (excluding diaryl/α,β-unsaturated/α-hetero) is 1. The summed E-state index contributed by atoms with van der Waals surface area (Å²) in [6, 6.07) is 5.38. The minimum atomic E-state index is -0.564. The Bertz CT molecular complexity index is 488.